The fourth-order valence-electron chi connectivity index (χ4n) is 2.30. The van der Waals surface area contributed by atoms with Gasteiger partial charge in [-0.2, -0.15) is 0 Å². The second kappa shape index (κ2) is 6.76. The van der Waals surface area contributed by atoms with Gasteiger partial charge in [0.15, 0.2) is 0 Å². The second-order valence-electron chi connectivity index (χ2n) is 6.20. The average Bonchev–Trinajstić information content (AvgIpc) is 2.80. The molecule has 1 saturated carbocycles. The maximum atomic E-state index is 12.0. The molecule has 0 bridgehead atoms. The van der Waals surface area contributed by atoms with Gasteiger partial charge < -0.3 is 15.2 Å². The molecule has 1 rings (SSSR count). The molecule has 0 radical (unpaired) electrons. The number of carboxylic acid groups (broad SMARTS) is 1. The predicted octanol–water partition coefficient (Wildman–Crippen LogP) is 2.56. The molecule has 1 fully saturated rings. The molecule has 0 spiro atoms. The predicted molar refractivity (Wildman–Crippen MR) is 72.7 cm³/mol. The molecular formula is C13H25N3O4. The SMILES string of the molecule is CCCN(/[N+]([O-])=N\O[C@@H]1CC[C@@H](C(=O)O)C1)C(C)(C)C. The van der Waals surface area contributed by atoms with Crippen LogP contribution in [0.4, 0.5) is 0 Å². The molecule has 0 unspecified atom stereocenters. The Balaban J connectivity index is 2.58. The first-order valence-electron chi connectivity index (χ1n) is 7.10. The zero-order chi connectivity index (χ0) is 15.3. The topological polar surface area (TPSA) is 88.2 Å². The summed E-state index contributed by atoms with van der Waals surface area (Å²) >= 11 is 0. The van der Waals surface area contributed by atoms with Crippen LogP contribution in [0.3, 0.4) is 0 Å². The van der Waals surface area contributed by atoms with Gasteiger partial charge >= 0.3 is 5.97 Å². The first-order chi connectivity index (χ1) is 9.25. The molecule has 0 heterocycles. The normalized spacial score (nSPS) is 23.7. The Morgan fingerprint density at radius 3 is 2.60 bits per heavy atom. The maximum Gasteiger partial charge on any atom is 0.306 e. The Morgan fingerprint density at radius 2 is 2.15 bits per heavy atom. The zero-order valence-electron chi connectivity index (χ0n) is 12.7. The number of carboxylic acids is 1. The van der Waals surface area contributed by atoms with E-state index in [1.165, 1.54) is 0 Å². The Morgan fingerprint density at radius 1 is 1.50 bits per heavy atom. The smallest absolute Gasteiger partial charge is 0.306 e. The number of hydrogen-bond donors (Lipinski definition) is 1. The van der Waals surface area contributed by atoms with E-state index in [0.29, 0.717) is 30.8 Å². The lowest BCUT2D eigenvalue weighted by molar-refractivity contribution is -0.726. The van der Waals surface area contributed by atoms with Crippen LogP contribution in [-0.4, -0.2) is 39.2 Å². The fraction of sp³-hybridized carbons (Fsp3) is 0.923. The van der Waals surface area contributed by atoms with E-state index in [4.69, 9.17) is 9.94 Å². The molecule has 1 aliphatic carbocycles. The molecule has 0 saturated heterocycles. The fourth-order valence-corrected chi connectivity index (χ4v) is 2.30. The summed E-state index contributed by atoms with van der Waals surface area (Å²) in [6.45, 7) is 8.36. The molecule has 1 N–H and O–H groups in total. The van der Waals surface area contributed by atoms with Crippen molar-refractivity contribution >= 4 is 5.97 Å². The molecule has 0 aliphatic heterocycles. The van der Waals surface area contributed by atoms with Crippen LogP contribution in [0.15, 0.2) is 5.28 Å². The number of carbonyl (C=O) groups is 1. The van der Waals surface area contributed by atoms with E-state index >= 15 is 0 Å². The van der Waals surface area contributed by atoms with Crippen molar-refractivity contribution in [1.82, 2.24) is 5.01 Å². The van der Waals surface area contributed by atoms with Crippen molar-refractivity contribution in [2.45, 2.75) is 65.0 Å². The summed E-state index contributed by atoms with van der Waals surface area (Å²) in [7, 11) is 0. The minimum absolute atomic E-state index is 0.281. The Kier molecular flexibility index (Phi) is 5.59. The van der Waals surface area contributed by atoms with E-state index in [9.17, 15) is 10.0 Å². The standard InChI is InChI=1S/C13H25N3O4/c1-5-8-15(13(2,3)4)16(19)14-20-11-7-6-10(9-11)12(17)18/h10-11H,5-9H2,1-4H3,(H,17,18)/b16-14+/t10-,11-/m1/s1. The van der Waals surface area contributed by atoms with E-state index in [2.05, 4.69) is 5.28 Å². The highest BCUT2D eigenvalue weighted by atomic mass is 16.7. The van der Waals surface area contributed by atoms with Gasteiger partial charge in [-0.1, -0.05) is 6.92 Å². The summed E-state index contributed by atoms with van der Waals surface area (Å²) in [4.78, 5) is 16.5. The van der Waals surface area contributed by atoms with Crippen LogP contribution >= 0.6 is 0 Å². The van der Waals surface area contributed by atoms with Gasteiger partial charge in [0.05, 0.1) is 23.0 Å². The average molecular weight is 287 g/mol. The molecule has 0 amide bonds. The molecule has 20 heavy (non-hydrogen) atoms. The van der Waals surface area contributed by atoms with Crippen LogP contribution in [0.1, 0.15) is 53.4 Å². The molecule has 7 nitrogen and oxygen atoms in total. The summed E-state index contributed by atoms with van der Waals surface area (Å²) in [5.41, 5.74) is -0.343. The number of hydrogen-bond acceptors (Lipinski definition) is 4. The lowest BCUT2D eigenvalue weighted by Gasteiger charge is -2.30. The van der Waals surface area contributed by atoms with Crippen molar-refractivity contribution in [2.24, 2.45) is 11.2 Å². The van der Waals surface area contributed by atoms with Crippen molar-refractivity contribution in [1.29, 1.82) is 0 Å². The lowest BCUT2D eigenvalue weighted by Crippen LogP contribution is -2.46. The second-order valence-corrected chi connectivity index (χ2v) is 6.20. The van der Waals surface area contributed by atoms with Gasteiger partial charge in [-0.05, 0) is 40.0 Å². The van der Waals surface area contributed by atoms with E-state index < -0.39 is 5.97 Å². The van der Waals surface area contributed by atoms with Gasteiger partial charge in [-0.25, -0.2) is 0 Å². The molecular weight excluding hydrogens is 262 g/mol. The molecule has 0 aromatic heterocycles. The summed E-state index contributed by atoms with van der Waals surface area (Å²) in [6, 6.07) is 0. The number of rotatable bonds is 6. The van der Waals surface area contributed by atoms with Crippen molar-refractivity contribution < 1.29 is 19.7 Å². The first kappa shape index (κ1) is 16.5. The molecule has 7 heteroatoms. The van der Waals surface area contributed by atoms with Gasteiger partial charge in [-0.15, -0.1) is 5.01 Å². The van der Waals surface area contributed by atoms with Gasteiger partial charge in [0.2, 0.25) is 5.28 Å². The lowest BCUT2D eigenvalue weighted by atomic mass is 10.1. The van der Waals surface area contributed by atoms with Crippen LogP contribution in [0.25, 0.3) is 0 Å². The molecule has 1 aliphatic rings. The number of nitrogens with zero attached hydrogens (tertiary/aromatic N) is 3. The maximum absolute atomic E-state index is 12.0. The quantitative estimate of drug-likeness (QED) is 0.461. The molecule has 0 aromatic carbocycles. The van der Waals surface area contributed by atoms with Crippen LogP contribution in [0, 0.1) is 11.1 Å². The Bertz CT molecular complexity index is 365. The number of aliphatic carboxylic acids is 1. The monoisotopic (exact) mass is 287 g/mol. The van der Waals surface area contributed by atoms with Crippen molar-refractivity contribution in [3.63, 3.8) is 0 Å². The molecule has 0 aromatic rings. The largest absolute Gasteiger partial charge is 0.569 e. The summed E-state index contributed by atoms with van der Waals surface area (Å²) < 4.78 is 0. The third kappa shape index (κ3) is 4.54. The van der Waals surface area contributed by atoms with E-state index in [-0.39, 0.29) is 17.6 Å². The Hall–Kier alpha value is -1.53. The van der Waals surface area contributed by atoms with E-state index in [1.807, 2.05) is 27.7 Å². The molecule has 2 atom stereocenters. The highest BCUT2D eigenvalue weighted by molar-refractivity contribution is 5.70. The van der Waals surface area contributed by atoms with E-state index in [0.717, 1.165) is 6.42 Å². The first-order valence-corrected chi connectivity index (χ1v) is 7.10. The van der Waals surface area contributed by atoms with Crippen molar-refractivity contribution in [2.75, 3.05) is 6.54 Å². The van der Waals surface area contributed by atoms with Gasteiger partial charge in [0, 0.05) is 6.42 Å². The van der Waals surface area contributed by atoms with Crippen LogP contribution < -0.4 is 0 Å². The Labute approximate surface area is 119 Å². The highest BCUT2D eigenvalue weighted by Crippen LogP contribution is 2.28. The van der Waals surface area contributed by atoms with Gasteiger partial charge in [0.1, 0.15) is 6.10 Å². The zero-order valence-corrected chi connectivity index (χ0v) is 12.7. The summed E-state index contributed by atoms with van der Waals surface area (Å²) in [6.07, 6.45) is 2.16. The summed E-state index contributed by atoms with van der Waals surface area (Å²) in [5.74, 6) is -1.19. The third-order valence-electron chi connectivity index (χ3n) is 3.42. The van der Waals surface area contributed by atoms with Crippen LogP contribution in [0.2, 0.25) is 0 Å². The van der Waals surface area contributed by atoms with Crippen LogP contribution in [-0.2, 0) is 9.63 Å². The van der Waals surface area contributed by atoms with Gasteiger partial charge in [-0.3, -0.25) is 4.79 Å². The highest BCUT2D eigenvalue weighted by Gasteiger charge is 2.33. The third-order valence-corrected chi connectivity index (χ3v) is 3.42. The number of hydrazine groups is 1. The molecule has 116 valence electrons. The van der Waals surface area contributed by atoms with Crippen molar-refractivity contribution in [3.8, 4) is 0 Å². The van der Waals surface area contributed by atoms with Gasteiger partial charge in [0.25, 0.3) is 0 Å². The minimum atomic E-state index is -0.808. The summed E-state index contributed by atoms with van der Waals surface area (Å²) in [5, 5.41) is 26.1. The minimum Gasteiger partial charge on any atom is -0.569 e. The van der Waals surface area contributed by atoms with Crippen LogP contribution in [0.5, 0.6) is 0 Å². The van der Waals surface area contributed by atoms with Crippen molar-refractivity contribution in [3.05, 3.63) is 5.21 Å². The van der Waals surface area contributed by atoms with E-state index in [1.54, 1.807) is 5.01 Å².